The van der Waals surface area contributed by atoms with E-state index in [1.54, 1.807) is 50.5 Å². The van der Waals surface area contributed by atoms with E-state index in [0.29, 0.717) is 22.5 Å². The van der Waals surface area contributed by atoms with Crippen LogP contribution in [0.4, 0.5) is 5.69 Å². The molecular formula is C19H21N5O2. The van der Waals surface area contributed by atoms with Gasteiger partial charge in [-0.3, -0.25) is 9.59 Å². The minimum Gasteiger partial charge on any atom is -0.355 e. The van der Waals surface area contributed by atoms with Crippen molar-refractivity contribution in [3.05, 3.63) is 53.3 Å². The number of aromatic nitrogens is 3. The number of anilines is 1. The first-order valence-electron chi connectivity index (χ1n) is 8.39. The monoisotopic (exact) mass is 351 g/mol. The number of nitrogens with zero attached hydrogens (tertiary/aromatic N) is 3. The maximum Gasteiger partial charge on any atom is 0.257 e. The van der Waals surface area contributed by atoms with Crippen molar-refractivity contribution in [1.82, 2.24) is 20.1 Å². The molecule has 1 aromatic carbocycles. The van der Waals surface area contributed by atoms with Crippen LogP contribution in [0, 0.1) is 6.92 Å². The molecule has 2 N–H and O–H groups in total. The fourth-order valence-corrected chi connectivity index (χ4v) is 2.72. The van der Waals surface area contributed by atoms with Crippen molar-refractivity contribution in [2.75, 3.05) is 12.4 Å². The maximum absolute atomic E-state index is 12.6. The third-order valence-electron chi connectivity index (χ3n) is 4.13. The molecule has 3 aromatic rings. The van der Waals surface area contributed by atoms with Crippen molar-refractivity contribution in [3.63, 3.8) is 0 Å². The molecule has 2 aromatic heterocycles. The Morgan fingerprint density at radius 3 is 2.42 bits per heavy atom. The lowest BCUT2D eigenvalue weighted by atomic mass is 10.1. The van der Waals surface area contributed by atoms with Gasteiger partial charge in [-0.2, -0.15) is 5.10 Å². The number of aryl methyl sites for hydroxylation is 1. The predicted molar refractivity (Wildman–Crippen MR) is 100 cm³/mol. The van der Waals surface area contributed by atoms with Crippen molar-refractivity contribution in [3.8, 4) is 0 Å². The van der Waals surface area contributed by atoms with Crippen molar-refractivity contribution in [2.45, 2.75) is 26.8 Å². The van der Waals surface area contributed by atoms with Gasteiger partial charge in [-0.1, -0.05) is 0 Å². The number of pyridine rings is 1. The smallest absolute Gasteiger partial charge is 0.257 e. The quantitative estimate of drug-likeness (QED) is 0.756. The zero-order chi connectivity index (χ0) is 18.8. The number of nitrogens with one attached hydrogen (secondary N) is 2. The molecule has 0 fully saturated rings. The van der Waals surface area contributed by atoms with Gasteiger partial charge in [0.1, 0.15) is 0 Å². The Morgan fingerprint density at radius 1 is 1.12 bits per heavy atom. The number of rotatable bonds is 4. The second-order valence-corrected chi connectivity index (χ2v) is 6.33. The van der Waals surface area contributed by atoms with Gasteiger partial charge in [0.2, 0.25) is 0 Å². The fourth-order valence-electron chi connectivity index (χ4n) is 2.72. The molecule has 0 aliphatic heterocycles. The summed E-state index contributed by atoms with van der Waals surface area (Å²) in [7, 11) is 1.57. The maximum atomic E-state index is 12.6. The number of carbonyl (C=O) groups is 2. The number of hydrogen-bond acceptors (Lipinski definition) is 4. The molecule has 0 aliphatic rings. The van der Waals surface area contributed by atoms with Crippen LogP contribution in [0.1, 0.15) is 46.3 Å². The summed E-state index contributed by atoms with van der Waals surface area (Å²) in [6, 6.07) is 8.71. The zero-order valence-electron chi connectivity index (χ0n) is 15.2. The first-order chi connectivity index (χ1) is 12.4. The average Bonchev–Trinajstić information content (AvgIpc) is 3.03. The highest BCUT2D eigenvalue weighted by Gasteiger charge is 2.15. The molecule has 0 atom stereocenters. The van der Waals surface area contributed by atoms with E-state index in [2.05, 4.69) is 20.7 Å². The molecule has 0 bridgehead atoms. The minimum absolute atomic E-state index is 0.171. The molecular weight excluding hydrogens is 330 g/mol. The molecule has 0 radical (unpaired) electrons. The van der Waals surface area contributed by atoms with E-state index < -0.39 is 0 Å². The van der Waals surface area contributed by atoms with Crippen molar-refractivity contribution >= 4 is 28.5 Å². The van der Waals surface area contributed by atoms with Gasteiger partial charge in [0.15, 0.2) is 5.65 Å². The predicted octanol–water partition coefficient (Wildman–Crippen LogP) is 2.93. The van der Waals surface area contributed by atoms with Gasteiger partial charge < -0.3 is 10.6 Å². The van der Waals surface area contributed by atoms with Gasteiger partial charge in [0.05, 0.1) is 17.5 Å². The number of benzene rings is 1. The van der Waals surface area contributed by atoms with E-state index in [-0.39, 0.29) is 17.9 Å². The van der Waals surface area contributed by atoms with Crippen LogP contribution in [0.2, 0.25) is 0 Å². The Hall–Kier alpha value is -3.22. The molecule has 0 saturated heterocycles. The number of amides is 2. The summed E-state index contributed by atoms with van der Waals surface area (Å²) in [5.74, 6) is -0.419. The van der Waals surface area contributed by atoms with Crippen LogP contribution in [-0.4, -0.2) is 33.6 Å². The number of hydrogen-bond donors (Lipinski definition) is 2. The Balaban J connectivity index is 1.85. The van der Waals surface area contributed by atoms with Gasteiger partial charge in [0, 0.05) is 29.7 Å². The summed E-state index contributed by atoms with van der Waals surface area (Å²) in [5.41, 5.74) is 3.05. The SMILES string of the molecule is CNC(=O)c1ccc(NC(=O)c2cc3cnn(C(C)C)c3nc2C)cc1. The molecule has 7 nitrogen and oxygen atoms in total. The highest BCUT2D eigenvalue weighted by Crippen LogP contribution is 2.20. The van der Waals surface area contributed by atoms with Crippen LogP contribution in [0.5, 0.6) is 0 Å². The lowest BCUT2D eigenvalue weighted by molar-refractivity contribution is 0.0962. The molecule has 2 amide bonds. The lowest BCUT2D eigenvalue weighted by Crippen LogP contribution is -2.18. The van der Waals surface area contributed by atoms with Gasteiger partial charge in [-0.25, -0.2) is 9.67 Å². The van der Waals surface area contributed by atoms with E-state index in [9.17, 15) is 9.59 Å². The van der Waals surface area contributed by atoms with Crippen LogP contribution in [0.3, 0.4) is 0 Å². The van der Waals surface area contributed by atoms with Crippen LogP contribution >= 0.6 is 0 Å². The molecule has 7 heteroatoms. The first kappa shape index (κ1) is 17.6. The summed E-state index contributed by atoms with van der Waals surface area (Å²) >= 11 is 0. The largest absolute Gasteiger partial charge is 0.355 e. The van der Waals surface area contributed by atoms with Crippen LogP contribution in [0.25, 0.3) is 11.0 Å². The third-order valence-corrected chi connectivity index (χ3v) is 4.13. The normalized spacial score (nSPS) is 11.0. The topological polar surface area (TPSA) is 88.9 Å². The third kappa shape index (κ3) is 3.28. The molecule has 0 saturated carbocycles. The van der Waals surface area contributed by atoms with Crippen LogP contribution in [-0.2, 0) is 0 Å². The summed E-state index contributed by atoms with van der Waals surface area (Å²) in [6.45, 7) is 5.87. The highest BCUT2D eigenvalue weighted by atomic mass is 16.2. The summed E-state index contributed by atoms with van der Waals surface area (Å²) < 4.78 is 1.83. The second-order valence-electron chi connectivity index (χ2n) is 6.33. The molecule has 0 spiro atoms. The molecule has 134 valence electrons. The number of fused-ring (bicyclic) bond motifs is 1. The van der Waals surface area contributed by atoms with E-state index >= 15 is 0 Å². The van der Waals surface area contributed by atoms with E-state index in [4.69, 9.17) is 0 Å². The van der Waals surface area contributed by atoms with Crippen LogP contribution < -0.4 is 10.6 Å². The molecule has 0 unspecified atom stereocenters. The zero-order valence-corrected chi connectivity index (χ0v) is 15.2. The fraction of sp³-hybridized carbons (Fsp3) is 0.263. The van der Waals surface area contributed by atoms with E-state index in [1.165, 1.54) is 0 Å². The van der Waals surface area contributed by atoms with Gasteiger partial charge in [0.25, 0.3) is 11.8 Å². The Kier molecular flexibility index (Phi) is 4.71. The Morgan fingerprint density at radius 2 is 1.81 bits per heavy atom. The van der Waals surface area contributed by atoms with Gasteiger partial charge in [-0.15, -0.1) is 0 Å². The minimum atomic E-state index is -0.248. The molecule has 2 heterocycles. The lowest BCUT2D eigenvalue weighted by Gasteiger charge is -2.10. The summed E-state index contributed by atoms with van der Waals surface area (Å²) in [4.78, 5) is 28.8. The standard InChI is InChI=1S/C19H21N5O2/c1-11(2)24-17-14(10-21-24)9-16(12(3)22-17)19(26)23-15-7-5-13(6-8-15)18(25)20-4/h5-11H,1-4H3,(H,20,25)(H,23,26). The second kappa shape index (κ2) is 6.95. The van der Waals surface area contributed by atoms with Crippen molar-refractivity contribution < 1.29 is 9.59 Å². The Labute approximate surface area is 151 Å². The summed E-state index contributed by atoms with van der Waals surface area (Å²) in [6.07, 6.45) is 1.72. The molecule has 0 aliphatic carbocycles. The molecule has 26 heavy (non-hydrogen) atoms. The number of carbonyl (C=O) groups excluding carboxylic acids is 2. The van der Waals surface area contributed by atoms with E-state index in [0.717, 1.165) is 11.0 Å². The Bertz CT molecular complexity index is 974. The van der Waals surface area contributed by atoms with Gasteiger partial charge >= 0.3 is 0 Å². The summed E-state index contributed by atoms with van der Waals surface area (Å²) in [5, 5.41) is 10.6. The highest BCUT2D eigenvalue weighted by molar-refractivity contribution is 6.06. The van der Waals surface area contributed by atoms with Crippen LogP contribution in [0.15, 0.2) is 36.5 Å². The van der Waals surface area contributed by atoms with Gasteiger partial charge in [-0.05, 0) is 51.1 Å². The van der Waals surface area contributed by atoms with E-state index in [1.807, 2.05) is 18.5 Å². The molecule has 3 rings (SSSR count). The average molecular weight is 351 g/mol. The van der Waals surface area contributed by atoms with Crippen molar-refractivity contribution in [1.29, 1.82) is 0 Å². The first-order valence-corrected chi connectivity index (χ1v) is 8.39. The van der Waals surface area contributed by atoms with Crippen molar-refractivity contribution in [2.24, 2.45) is 0 Å².